The molecule has 3 nitrogen and oxygen atoms in total. The molecule has 2 aromatic heterocycles. The zero-order valence-electron chi connectivity index (χ0n) is 23.8. The first-order chi connectivity index (χ1) is 19.4. The summed E-state index contributed by atoms with van der Waals surface area (Å²) in [4.78, 5) is 0. The van der Waals surface area contributed by atoms with E-state index >= 15 is 0 Å². The van der Waals surface area contributed by atoms with Gasteiger partial charge < -0.3 is 4.57 Å². The van der Waals surface area contributed by atoms with Crippen LogP contribution in [0.1, 0.15) is 37.7 Å². The van der Waals surface area contributed by atoms with Crippen LogP contribution in [0.15, 0.2) is 115 Å². The minimum absolute atomic E-state index is 0.0655. The topological polar surface area (TPSA) is 13.7 Å². The largest absolute Gasteiger partial charge is 0.305 e. The van der Waals surface area contributed by atoms with Crippen molar-refractivity contribution >= 4 is 32.8 Å². The Labute approximate surface area is 235 Å². The van der Waals surface area contributed by atoms with Crippen LogP contribution in [0.2, 0.25) is 0 Å². The van der Waals surface area contributed by atoms with Crippen LogP contribution in [0.4, 0.5) is 0 Å². The first-order valence-electron chi connectivity index (χ1n) is 14.1. The van der Waals surface area contributed by atoms with Gasteiger partial charge in [-0.05, 0) is 65.9 Å². The molecule has 0 aliphatic heterocycles. The van der Waals surface area contributed by atoms with E-state index in [1.807, 2.05) is 0 Å². The van der Waals surface area contributed by atoms with Crippen LogP contribution in [-0.2, 0) is 5.41 Å². The van der Waals surface area contributed by atoms with E-state index in [9.17, 15) is 0 Å². The third kappa shape index (κ3) is 3.54. The van der Waals surface area contributed by atoms with Gasteiger partial charge in [-0.25, -0.2) is 0 Å². The molecule has 0 fully saturated rings. The van der Waals surface area contributed by atoms with Crippen molar-refractivity contribution in [1.29, 1.82) is 0 Å². The van der Waals surface area contributed by atoms with Gasteiger partial charge in [0, 0.05) is 17.7 Å². The van der Waals surface area contributed by atoms with Crippen LogP contribution in [0.5, 0.6) is 0 Å². The number of rotatable bonds is 3. The van der Waals surface area contributed by atoms with Crippen LogP contribution in [0.3, 0.4) is 0 Å². The SMILES string of the molecule is Cc1c(-[n+]2c(C)n(-c3ccccc3-n3c4ccccc4c4ccccc43)c3ccccc32)cccc1C(C)(C)C. The summed E-state index contributed by atoms with van der Waals surface area (Å²) >= 11 is 0. The van der Waals surface area contributed by atoms with Crippen molar-refractivity contribution in [3.63, 3.8) is 0 Å². The molecule has 40 heavy (non-hydrogen) atoms. The Morgan fingerprint density at radius 3 is 1.68 bits per heavy atom. The van der Waals surface area contributed by atoms with Gasteiger partial charge in [-0.3, -0.25) is 0 Å². The molecule has 0 radical (unpaired) electrons. The first kappa shape index (κ1) is 24.4. The van der Waals surface area contributed by atoms with Crippen LogP contribution < -0.4 is 4.57 Å². The molecule has 0 saturated carbocycles. The van der Waals surface area contributed by atoms with E-state index in [1.165, 1.54) is 55.5 Å². The maximum absolute atomic E-state index is 2.43. The molecule has 0 atom stereocenters. The Kier molecular flexibility index (Phi) is 5.47. The van der Waals surface area contributed by atoms with Gasteiger partial charge in [0.05, 0.1) is 16.7 Å². The molecule has 0 spiro atoms. The number of nitrogens with zero attached hydrogens (tertiary/aromatic N) is 3. The van der Waals surface area contributed by atoms with Gasteiger partial charge in [-0.1, -0.05) is 93.6 Å². The van der Waals surface area contributed by atoms with Crippen molar-refractivity contribution in [2.45, 2.75) is 40.0 Å². The number of imidazole rings is 1. The molecule has 0 amide bonds. The normalized spacial score (nSPS) is 12.1. The summed E-state index contributed by atoms with van der Waals surface area (Å²) in [6, 6.07) is 41.7. The van der Waals surface area contributed by atoms with E-state index in [4.69, 9.17) is 0 Å². The third-order valence-electron chi connectivity index (χ3n) is 8.31. The molecule has 0 unspecified atom stereocenters. The summed E-state index contributed by atoms with van der Waals surface area (Å²) in [5.41, 5.74) is 11.1. The average Bonchev–Trinajstić information content (AvgIpc) is 3.44. The summed E-state index contributed by atoms with van der Waals surface area (Å²) in [6.07, 6.45) is 0. The number of aromatic nitrogens is 3. The van der Waals surface area contributed by atoms with E-state index in [-0.39, 0.29) is 5.41 Å². The van der Waals surface area contributed by atoms with Crippen molar-refractivity contribution < 1.29 is 4.57 Å². The van der Waals surface area contributed by atoms with Gasteiger partial charge in [0.15, 0.2) is 16.7 Å². The van der Waals surface area contributed by atoms with Crippen molar-refractivity contribution in [3.05, 3.63) is 132 Å². The average molecular weight is 521 g/mol. The molecule has 5 aromatic carbocycles. The standard InChI is InChI=1S/C37H34N3/c1-25-29(37(3,4)5)17-14-24-30(25)38-26(2)39(34-21-11-10-20-33(34)38)35-22-12-13-23-36(35)40-31-18-8-6-15-27(31)28-16-7-9-19-32(28)40/h6-24H,1-5H3/q+1. The van der Waals surface area contributed by atoms with Gasteiger partial charge >= 0.3 is 0 Å². The highest BCUT2D eigenvalue weighted by molar-refractivity contribution is 6.09. The Hall–Kier alpha value is -4.63. The molecule has 7 rings (SSSR count). The lowest BCUT2D eigenvalue weighted by atomic mass is 9.83. The Morgan fingerprint density at radius 1 is 0.525 bits per heavy atom. The Balaban J connectivity index is 1.56. The number of fused-ring (bicyclic) bond motifs is 4. The molecule has 0 saturated heterocycles. The van der Waals surface area contributed by atoms with Crippen molar-refractivity contribution in [1.82, 2.24) is 9.13 Å². The van der Waals surface area contributed by atoms with E-state index in [2.05, 4.69) is 164 Å². The molecule has 196 valence electrons. The lowest BCUT2D eigenvalue weighted by molar-refractivity contribution is -0.575. The molecule has 0 aliphatic carbocycles. The highest BCUT2D eigenvalue weighted by Gasteiger charge is 2.29. The third-order valence-corrected chi connectivity index (χ3v) is 8.31. The van der Waals surface area contributed by atoms with E-state index < -0.39 is 0 Å². The van der Waals surface area contributed by atoms with Crippen LogP contribution in [0, 0.1) is 13.8 Å². The second kappa shape index (κ2) is 8.96. The zero-order chi connectivity index (χ0) is 27.6. The van der Waals surface area contributed by atoms with Crippen molar-refractivity contribution in [3.8, 4) is 17.1 Å². The second-order valence-corrected chi connectivity index (χ2v) is 11.8. The Morgan fingerprint density at radius 2 is 1.05 bits per heavy atom. The summed E-state index contributed by atoms with van der Waals surface area (Å²) in [7, 11) is 0. The van der Waals surface area contributed by atoms with E-state index in [0.717, 1.165) is 11.4 Å². The maximum Gasteiger partial charge on any atom is 0.264 e. The summed E-state index contributed by atoms with van der Waals surface area (Å²) in [5.74, 6) is 1.17. The fraction of sp³-hybridized carbons (Fsp3) is 0.162. The first-order valence-corrected chi connectivity index (χ1v) is 14.1. The molecule has 0 aliphatic rings. The van der Waals surface area contributed by atoms with Crippen LogP contribution >= 0.6 is 0 Å². The quantitative estimate of drug-likeness (QED) is 0.207. The molecule has 0 N–H and O–H groups in total. The van der Waals surface area contributed by atoms with Gasteiger partial charge in [0.1, 0.15) is 5.69 Å². The number of para-hydroxylation sites is 6. The molecule has 2 heterocycles. The minimum atomic E-state index is 0.0655. The lowest BCUT2D eigenvalue weighted by Gasteiger charge is -2.22. The van der Waals surface area contributed by atoms with Crippen LogP contribution in [0.25, 0.3) is 49.9 Å². The van der Waals surface area contributed by atoms with Gasteiger partial charge in [-0.2, -0.15) is 9.13 Å². The summed E-state index contributed by atoms with van der Waals surface area (Å²) in [5, 5.41) is 2.54. The van der Waals surface area contributed by atoms with E-state index in [0.29, 0.717) is 0 Å². The van der Waals surface area contributed by atoms with Gasteiger partial charge in [0.2, 0.25) is 0 Å². The monoisotopic (exact) mass is 520 g/mol. The number of hydrogen-bond donors (Lipinski definition) is 0. The second-order valence-electron chi connectivity index (χ2n) is 11.8. The molecular formula is C37H34N3+. The summed E-state index contributed by atoms with van der Waals surface area (Å²) < 4.78 is 7.28. The van der Waals surface area contributed by atoms with Crippen molar-refractivity contribution in [2.75, 3.05) is 0 Å². The highest BCUT2D eigenvalue weighted by Crippen LogP contribution is 2.35. The lowest BCUT2D eigenvalue weighted by Crippen LogP contribution is -2.35. The smallest absolute Gasteiger partial charge is 0.264 e. The Bertz CT molecular complexity index is 2010. The molecule has 3 heteroatoms. The zero-order valence-corrected chi connectivity index (χ0v) is 23.8. The van der Waals surface area contributed by atoms with Crippen molar-refractivity contribution in [2.24, 2.45) is 0 Å². The molecule has 0 bridgehead atoms. The fourth-order valence-electron chi connectivity index (χ4n) is 6.60. The molecule has 7 aromatic rings. The highest BCUT2D eigenvalue weighted by atomic mass is 15.2. The van der Waals surface area contributed by atoms with Crippen LogP contribution in [-0.4, -0.2) is 9.13 Å². The fourth-order valence-corrected chi connectivity index (χ4v) is 6.60. The van der Waals surface area contributed by atoms with Gasteiger partial charge in [-0.15, -0.1) is 0 Å². The summed E-state index contributed by atoms with van der Waals surface area (Å²) in [6.45, 7) is 11.4. The predicted molar refractivity (Wildman–Crippen MR) is 167 cm³/mol. The minimum Gasteiger partial charge on any atom is -0.305 e. The van der Waals surface area contributed by atoms with Gasteiger partial charge in [0.25, 0.3) is 5.82 Å². The number of hydrogen-bond acceptors (Lipinski definition) is 0. The number of benzene rings is 5. The predicted octanol–water partition coefficient (Wildman–Crippen LogP) is 8.92. The van der Waals surface area contributed by atoms with E-state index in [1.54, 1.807) is 0 Å². The molecular weight excluding hydrogens is 486 g/mol. The maximum atomic E-state index is 2.43.